The predicted octanol–water partition coefficient (Wildman–Crippen LogP) is 1.31. The largest absolute Gasteiger partial charge is 0.375 e. The highest BCUT2D eigenvalue weighted by Crippen LogP contribution is 2.24. The number of aromatic nitrogens is 1. The SMILES string of the molecule is CCC1COC(C)CN1S(=O)(=O)c1ccnc(NC)c1. The van der Waals surface area contributed by atoms with E-state index in [4.69, 9.17) is 4.74 Å². The first kappa shape index (κ1) is 15.2. The molecule has 1 fully saturated rings. The fraction of sp³-hybridized carbons (Fsp3) is 0.615. The Balaban J connectivity index is 2.36. The number of morpholine rings is 1. The van der Waals surface area contributed by atoms with E-state index in [0.29, 0.717) is 19.0 Å². The van der Waals surface area contributed by atoms with Crippen LogP contribution in [0.5, 0.6) is 0 Å². The van der Waals surface area contributed by atoms with E-state index in [9.17, 15) is 8.42 Å². The van der Waals surface area contributed by atoms with Crippen molar-refractivity contribution in [3.63, 3.8) is 0 Å². The average molecular weight is 299 g/mol. The van der Waals surface area contributed by atoms with Crippen LogP contribution in [0, 0.1) is 0 Å². The molecule has 2 unspecified atom stereocenters. The quantitative estimate of drug-likeness (QED) is 0.907. The highest BCUT2D eigenvalue weighted by atomic mass is 32.2. The molecule has 112 valence electrons. The fourth-order valence-electron chi connectivity index (χ4n) is 2.27. The number of sulfonamides is 1. The molecule has 0 aromatic carbocycles. The monoisotopic (exact) mass is 299 g/mol. The van der Waals surface area contributed by atoms with Gasteiger partial charge in [0.05, 0.1) is 17.6 Å². The van der Waals surface area contributed by atoms with Crippen LogP contribution in [0.3, 0.4) is 0 Å². The summed E-state index contributed by atoms with van der Waals surface area (Å²) in [5.41, 5.74) is 0. The molecule has 1 N–H and O–H groups in total. The number of ether oxygens (including phenoxy) is 1. The van der Waals surface area contributed by atoms with E-state index < -0.39 is 10.0 Å². The summed E-state index contributed by atoms with van der Waals surface area (Å²) < 4.78 is 32.7. The zero-order valence-electron chi connectivity index (χ0n) is 12.0. The van der Waals surface area contributed by atoms with Gasteiger partial charge in [0, 0.05) is 31.9 Å². The molecule has 1 aliphatic heterocycles. The molecule has 0 bridgehead atoms. The Hall–Kier alpha value is -1.18. The Morgan fingerprint density at radius 1 is 1.55 bits per heavy atom. The molecular formula is C13H21N3O3S. The second kappa shape index (κ2) is 6.07. The summed E-state index contributed by atoms with van der Waals surface area (Å²) in [5, 5.41) is 2.86. The van der Waals surface area contributed by atoms with E-state index in [0.717, 1.165) is 6.42 Å². The van der Waals surface area contributed by atoms with E-state index in [-0.39, 0.29) is 17.0 Å². The van der Waals surface area contributed by atoms with Crippen molar-refractivity contribution in [2.75, 3.05) is 25.5 Å². The van der Waals surface area contributed by atoms with Gasteiger partial charge in [0.1, 0.15) is 5.82 Å². The van der Waals surface area contributed by atoms with Gasteiger partial charge in [-0.25, -0.2) is 13.4 Å². The Morgan fingerprint density at radius 2 is 2.30 bits per heavy atom. The van der Waals surface area contributed by atoms with Gasteiger partial charge >= 0.3 is 0 Å². The van der Waals surface area contributed by atoms with Gasteiger partial charge in [-0.15, -0.1) is 0 Å². The summed E-state index contributed by atoms with van der Waals surface area (Å²) in [6, 6.07) is 2.98. The molecule has 2 rings (SSSR count). The lowest BCUT2D eigenvalue weighted by atomic mass is 10.2. The first-order valence-electron chi connectivity index (χ1n) is 6.76. The number of pyridine rings is 1. The van der Waals surface area contributed by atoms with E-state index >= 15 is 0 Å². The Kier molecular flexibility index (Phi) is 4.62. The van der Waals surface area contributed by atoms with Crippen LogP contribution in [0.4, 0.5) is 5.82 Å². The molecule has 7 heteroatoms. The molecule has 1 saturated heterocycles. The maximum atomic E-state index is 12.8. The normalized spacial score (nSPS) is 24.6. The van der Waals surface area contributed by atoms with Crippen LogP contribution in [0.25, 0.3) is 0 Å². The van der Waals surface area contributed by atoms with Gasteiger partial charge in [-0.1, -0.05) is 6.92 Å². The summed E-state index contributed by atoms with van der Waals surface area (Å²) >= 11 is 0. The number of hydrogen-bond donors (Lipinski definition) is 1. The lowest BCUT2D eigenvalue weighted by molar-refractivity contribution is -0.0230. The van der Waals surface area contributed by atoms with Gasteiger partial charge in [-0.05, 0) is 19.4 Å². The second-order valence-electron chi connectivity index (χ2n) is 4.91. The van der Waals surface area contributed by atoms with Gasteiger partial charge in [-0.3, -0.25) is 0 Å². The van der Waals surface area contributed by atoms with E-state index in [1.807, 2.05) is 13.8 Å². The van der Waals surface area contributed by atoms with Crippen molar-refractivity contribution >= 4 is 15.8 Å². The molecule has 1 aromatic heterocycles. The smallest absolute Gasteiger partial charge is 0.243 e. The number of nitrogens with one attached hydrogen (secondary N) is 1. The van der Waals surface area contributed by atoms with Crippen LogP contribution in [0.1, 0.15) is 20.3 Å². The van der Waals surface area contributed by atoms with Gasteiger partial charge in [-0.2, -0.15) is 4.31 Å². The third-order valence-corrected chi connectivity index (χ3v) is 5.40. The van der Waals surface area contributed by atoms with Crippen LogP contribution in [0.2, 0.25) is 0 Å². The first-order chi connectivity index (χ1) is 9.48. The lowest BCUT2D eigenvalue weighted by Gasteiger charge is -2.37. The third-order valence-electron chi connectivity index (χ3n) is 3.48. The molecule has 0 radical (unpaired) electrons. The molecule has 1 aliphatic rings. The number of anilines is 1. The van der Waals surface area contributed by atoms with Crippen LogP contribution >= 0.6 is 0 Å². The van der Waals surface area contributed by atoms with Crippen LogP contribution < -0.4 is 5.32 Å². The molecule has 20 heavy (non-hydrogen) atoms. The fourth-order valence-corrected chi connectivity index (χ4v) is 4.05. The van der Waals surface area contributed by atoms with Crippen molar-refractivity contribution in [2.45, 2.75) is 37.3 Å². The van der Waals surface area contributed by atoms with Crippen LogP contribution in [0.15, 0.2) is 23.2 Å². The van der Waals surface area contributed by atoms with Gasteiger partial charge in [0.25, 0.3) is 0 Å². The average Bonchev–Trinajstić information content (AvgIpc) is 2.47. The van der Waals surface area contributed by atoms with Crippen molar-refractivity contribution in [1.29, 1.82) is 0 Å². The van der Waals surface area contributed by atoms with Crippen molar-refractivity contribution < 1.29 is 13.2 Å². The molecule has 2 heterocycles. The zero-order valence-corrected chi connectivity index (χ0v) is 12.9. The van der Waals surface area contributed by atoms with Crippen molar-refractivity contribution in [1.82, 2.24) is 9.29 Å². The summed E-state index contributed by atoms with van der Waals surface area (Å²) in [7, 11) is -1.80. The molecule has 1 aromatic rings. The lowest BCUT2D eigenvalue weighted by Crippen LogP contribution is -2.51. The van der Waals surface area contributed by atoms with E-state index in [1.165, 1.54) is 12.3 Å². The molecule has 0 amide bonds. The molecule has 0 spiro atoms. The summed E-state index contributed by atoms with van der Waals surface area (Å²) in [5.74, 6) is 0.542. The van der Waals surface area contributed by atoms with Gasteiger partial charge in [0.2, 0.25) is 10.0 Å². The van der Waals surface area contributed by atoms with E-state index in [1.54, 1.807) is 17.4 Å². The Morgan fingerprint density at radius 3 is 2.95 bits per heavy atom. The topological polar surface area (TPSA) is 71.5 Å². The standard InChI is InChI=1S/C13H21N3O3S/c1-4-11-9-19-10(2)8-16(11)20(17,18)12-5-6-15-13(7-12)14-3/h5-7,10-11H,4,8-9H2,1-3H3,(H,14,15). The molecule has 2 atom stereocenters. The Labute approximate surface area is 120 Å². The number of nitrogens with zero attached hydrogens (tertiary/aromatic N) is 2. The first-order valence-corrected chi connectivity index (χ1v) is 8.20. The summed E-state index contributed by atoms with van der Waals surface area (Å²) in [6.45, 7) is 4.69. The van der Waals surface area contributed by atoms with Crippen molar-refractivity contribution in [3.8, 4) is 0 Å². The maximum Gasteiger partial charge on any atom is 0.243 e. The molecule has 0 aliphatic carbocycles. The number of hydrogen-bond acceptors (Lipinski definition) is 5. The minimum absolute atomic E-state index is 0.0850. The van der Waals surface area contributed by atoms with Gasteiger partial charge in [0.15, 0.2) is 0 Å². The second-order valence-corrected chi connectivity index (χ2v) is 6.80. The molecule has 6 nitrogen and oxygen atoms in total. The minimum Gasteiger partial charge on any atom is -0.375 e. The zero-order chi connectivity index (χ0) is 14.8. The van der Waals surface area contributed by atoms with E-state index in [2.05, 4.69) is 10.3 Å². The summed E-state index contributed by atoms with van der Waals surface area (Å²) in [6.07, 6.45) is 2.15. The highest BCUT2D eigenvalue weighted by molar-refractivity contribution is 7.89. The minimum atomic E-state index is -3.52. The van der Waals surface area contributed by atoms with Gasteiger partial charge < -0.3 is 10.1 Å². The predicted molar refractivity (Wildman–Crippen MR) is 77.2 cm³/mol. The van der Waals surface area contributed by atoms with Crippen LogP contribution in [-0.4, -0.2) is 50.1 Å². The van der Waals surface area contributed by atoms with Crippen molar-refractivity contribution in [3.05, 3.63) is 18.3 Å². The molecular weight excluding hydrogens is 278 g/mol. The van der Waals surface area contributed by atoms with Crippen LogP contribution in [-0.2, 0) is 14.8 Å². The van der Waals surface area contributed by atoms with Crippen molar-refractivity contribution in [2.24, 2.45) is 0 Å². The Bertz CT molecular complexity index is 562. The highest BCUT2D eigenvalue weighted by Gasteiger charge is 2.35. The number of rotatable bonds is 4. The third kappa shape index (κ3) is 2.94. The summed E-state index contributed by atoms with van der Waals surface area (Å²) in [4.78, 5) is 4.32. The maximum absolute atomic E-state index is 12.8. The molecule has 0 saturated carbocycles.